The molecule has 2 heterocycles. The third kappa shape index (κ3) is 3.08. The Kier molecular flexibility index (Phi) is 4.00. The summed E-state index contributed by atoms with van der Waals surface area (Å²) >= 11 is 0. The molecule has 25 heavy (non-hydrogen) atoms. The van der Waals surface area contributed by atoms with E-state index in [-0.39, 0.29) is 11.1 Å². The summed E-state index contributed by atoms with van der Waals surface area (Å²) in [5.41, 5.74) is 4.60. The van der Waals surface area contributed by atoms with Gasteiger partial charge in [-0.05, 0) is 36.6 Å². The Morgan fingerprint density at radius 1 is 1.16 bits per heavy atom. The second-order valence-electron chi connectivity index (χ2n) is 7.65. The largest absolute Gasteiger partial charge is 0.328 e. The molecule has 0 fully saturated rings. The van der Waals surface area contributed by atoms with Gasteiger partial charge in [-0.1, -0.05) is 26.8 Å². The molecule has 0 aliphatic rings. The third-order valence-corrected chi connectivity index (χ3v) is 4.21. The summed E-state index contributed by atoms with van der Waals surface area (Å²) in [5, 5.41) is 9.37. The molecule has 0 saturated carbocycles. The molecular formula is C20H22N4O. The third-order valence-electron chi connectivity index (χ3n) is 4.21. The number of rotatable bonds is 2. The van der Waals surface area contributed by atoms with Crippen LogP contribution < -0.4 is 5.69 Å². The first kappa shape index (κ1) is 17.0. The molecule has 0 spiro atoms. The first-order valence-corrected chi connectivity index (χ1v) is 8.29. The predicted molar refractivity (Wildman–Crippen MR) is 99.3 cm³/mol. The fraction of sp³-hybridized carbons (Fsp3) is 0.350. The molecule has 0 amide bonds. The monoisotopic (exact) mass is 334 g/mol. The Bertz CT molecular complexity index is 1060. The molecule has 5 nitrogen and oxygen atoms in total. The van der Waals surface area contributed by atoms with Gasteiger partial charge < -0.3 is 0 Å². The molecular weight excluding hydrogens is 312 g/mol. The molecule has 0 N–H and O–H groups in total. The average Bonchev–Trinajstić information content (AvgIpc) is 2.78. The number of nitrogens with zero attached hydrogens (tertiary/aromatic N) is 4. The van der Waals surface area contributed by atoms with Gasteiger partial charge in [-0.25, -0.2) is 4.79 Å². The molecule has 0 bridgehead atoms. The Morgan fingerprint density at radius 3 is 2.52 bits per heavy atom. The summed E-state index contributed by atoms with van der Waals surface area (Å²) < 4.78 is 3.47. The number of hydrogen-bond acceptors (Lipinski definition) is 3. The Balaban J connectivity index is 2.24. The summed E-state index contributed by atoms with van der Waals surface area (Å²) in [6.07, 6.45) is 0. The van der Waals surface area contributed by atoms with Gasteiger partial charge in [0, 0.05) is 24.8 Å². The fourth-order valence-corrected chi connectivity index (χ4v) is 3.05. The van der Waals surface area contributed by atoms with Crippen molar-refractivity contribution in [1.29, 1.82) is 5.26 Å². The van der Waals surface area contributed by atoms with Gasteiger partial charge in [0.1, 0.15) is 6.07 Å². The molecule has 5 heteroatoms. The number of aromatic nitrogens is 3. The highest BCUT2D eigenvalue weighted by Crippen LogP contribution is 2.27. The number of aryl methyl sites for hydroxylation is 2. The van der Waals surface area contributed by atoms with Crippen molar-refractivity contribution in [3.05, 3.63) is 52.1 Å². The van der Waals surface area contributed by atoms with E-state index in [1.54, 1.807) is 17.7 Å². The summed E-state index contributed by atoms with van der Waals surface area (Å²) in [4.78, 5) is 17.2. The number of fused-ring (bicyclic) bond motifs is 1. The topological polar surface area (TPSA) is 63.6 Å². The van der Waals surface area contributed by atoms with Crippen molar-refractivity contribution < 1.29 is 0 Å². The molecule has 128 valence electrons. The molecule has 0 aliphatic heterocycles. The van der Waals surface area contributed by atoms with Crippen molar-refractivity contribution >= 4 is 11.0 Å². The number of imidazole rings is 1. The molecule has 1 aromatic carbocycles. The van der Waals surface area contributed by atoms with E-state index in [1.165, 1.54) is 0 Å². The van der Waals surface area contributed by atoms with Crippen LogP contribution in [0.5, 0.6) is 0 Å². The predicted octanol–water partition coefficient (Wildman–Crippen LogP) is 3.63. The lowest BCUT2D eigenvalue weighted by Gasteiger charge is -2.18. The van der Waals surface area contributed by atoms with E-state index in [1.807, 2.05) is 35.8 Å². The van der Waals surface area contributed by atoms with Gasteiger partial charge in [0.2, 0.25) is 0 Å². The molecule has 2 aromatic heterocycles. The summed E-state index contributed by atoms with van der Waals surface area (Å²) in [6, 6.07) is 11.6. The first-order valence-electron chi connectivity index (χ1n) is 8.29. The van der Waals surface area contributed by atoms with Crippen molar-refractivity contribution in [1.82, 2.24) is 14.1 Å². The van der Waals surface area contributed by atoms with Gasteiger partial charge in [0.05, 0.1) is 22.3 Å². The van der Waals surface area contributed by atoms with Crippen LogP contribution in [0.2, 0.25) is 0 Å². The van der Waals surface area contributed by atoms with Gasteiger partial charge in [-0.2, -0.15) is 5.26 Å². The molecule has 3 aromatic rings. The lowest BCUT2D eigenvalue weighted by molar-refractivity contribution is 0.342. The molecule has 0 unspecified atom stereocenters. The molecule has 0 aliphatic carbocycles. The Labute approximate surface area is 147 Å². The Hall–Kier alpha value is -2.87. The van der Waals surface area contributed by atoms with Crippen LogP contribution in [0.15, 0.2) is 35.1 Å². The van der Waals surface area contributed by atoms with E-state index in [4.69, 9.17) is 0 Å². The fourth-order valence-electron chi connectivity index (χ4n) is 3.05. The van der Waals surface area contributed by atoms with E-state index < -0.39 is 0 Å². The van der Waals surface area contributed by atoms with Crippen LogP contribution in [-0.2, 0) is 13.6 Å². The van der Waals surface area contributed by atoms with Gasteiger partial charge in [0.15, 0.2) is 0 Å². The van der Waals surface area contributed by atoms with Crippen LogP contribution in [0.4, 0.5) is 0 Å². The minimum absolute atomic E-state index is 0.00283. The second-order valence-corrected chi connectivity index (χ2v) is 7.65. The standard InChI is InChI=1S/C20H22N4O/c1-13-6-7-15(11-21)18(22-13)14-8-9-16-17(10-14)23(5)19(25)24(16)12-20(2,3)4/h6-10H,12H2,1-5H3. The van der Waals surface area contributed by atoms with Gasteiger partial charge in [0.25, 0.3) is 0 Å². The number of pyridine rings is 1. The highest BCUT2D eigenvalue weighted by atomic mass is 16.1. The second kappa shape index (κ2) is 5.89. The summed E-state index contributed by atoms with van der Waals surface area (Å²) in [5.74, 6) is 0. The lowest BCUT2D eigenvalue weighted by atomic mass is 9.97. The SMILES string of the molecule is Cc1ccc(C#N)c(-c2ccc3c(c2)n(C)c(=O)n3CC(C)(C)C)n1. The normalized spacial score (nSPS) is 11.7. The smallest absolute Gasteiger partial charge is 0.295 e. The number of nitriles is 1. The van der Waals surface area contributed by atoms with Crippen LogP contribution >= 0.6 is 0 Å². The van der Waals surface area contributed by atoms with Gasteiger partial charge in [-0.15, -0.1) is 0 Å². The zero-order chi connectivity index (χ0) is 18.4. The minimum Gasteiger partial charge on any atom is -0.295 e. The summed E-state index contributed by atoms with van der Waals surface area (Å²) in [7, 11) is 1.78. The van der Waals surface area contributed by atoms with Crippen molar-refractivity contribution in [2.45, 2.75) is 34.2 Å². The highest BCUT2D eigenvalue weighted by Gasteiger charge is 2.18. The molecule has 3 rings (SSSR count). The molecule has 0 atom stereocenters. The van der Waals surface area contributed by atoms with Crippen LogP contribution in [-0.4, -0.2) is 14.1 Å². The van der Waals surface area contributed by atoms with Gasteiger partial charge in [-0.3, -0.25) is 14.1 Å². The number of hydrogen-bond donors (Lipinski definition) is 0. The Morgan fingerprint density at radius 2 is 1.88 bits per heavy atom. The lowest BCUT2D eigenvalue weighted by Crippen LogP contribution is -2.27. The van der Waals surface area contributed by atoms with E-state index in [2.05, 4.69) is 31.8 Å². The van der Waals surface area contributed by atoms with Crippen LogP contribution in [0.25, 0.3) is 22.3 Å². The quantitative estimate of drug-likeness (QED) is 0.719. The van der Waals surface area contributed by atoms with Crippen LogP contribution in [0.3, 0.4) is 0 Å². The van der Waals surface area contributed by atoms with Crippen LogP contribution in [0, 0.1) is 23.7 Å². The minimum atomic E-state index is -0.0280. The van der Waals surface area contributed by atoms with Crippen molar-refractivity contribution in [3.63, 3.8) is 0 Å². The highest BCUT2D eigenvalue weighted by molar-refractivity contribution is 5.83. The maximum atomic E-state index is 12.6. The van der Waals surface area contributed by atoms with E-state index in [0.29, 0.717) is 17.8 Å². The van der Waals surface area contributed by atoms with Gasteiger partial charge >= 0.3 is 5.69 Å². The van der Waals surface area contributed by atoms with Crippen molar-refractivity contribution in [2.75, 3.05) is 0 Å². The van der Waals surface area contributed by atoms with Crippen LogP contribution in [0.1, 0.15) is 32.0 Å². The zero-order valence-electron chi connectivity index (χ0n) is 15.3. The maximum absolute atomic E-state index is 12.6. The van der Waals surface area contributed by atoms with Crippen molar-refractivity contribution in [3.8, 4) is 17.3 Å². The maximum Gasteiger partial charge on any atom is 0.328 e. The van der Waals surface area contributed by atoms with E-state index in [9.17, 15) is 10.1 Å². The van der Waals surface area contributed by atoms with E-state index >= 15 is 0 Å². The van der Waals surface area contributed by atoms with E-state index in [0.717, 1.165) is 22.3 Å². The average molecular weight is 334 g/mol. The first-order chi connectivity index (χ1) is 11.7. The van der Waals surface area contributed by atoms with Crippen molar-refractivity contribution in [2.24, 2.45) is 12.5 Å². The summed E-state index contributed by atoms with van der Waals surface area (Å²) in [6.45, 7) is 8.89. The molecule has 0 radical (unpaired) electrons. The zero-order valence-corrected chi connectivity index (χ0v) is 15.3. The number of benzene rings is 1. The molecule has 0 saturated heterocycles.